The Balaban J connectivity index is 1.16. The van der Waals surface area contributed by atoms with Crippen LogP contribution in [0.1, 0.15) is 61.5 Å². The van der Waals surface area contributed by atoms with Gasteiger partial charge in [0, 0.05) is 43.3 Å². The number of hydrogen-bond donors (Lipinski definition) is 2. The van der Waals surface area contributed by atoms with Crippen LogP contribution in [0.4, 0.5) is 17.3 Å². The number of aromatic nitrogens is 4. The van der Waals surface area contributed by atoms with E-state index in [-0.39, 0.29) is 11.9 Å². The number of anilines is 3. The van der Waals surface area contributed by atoms with Gasteiger partial charge in [0.05, 0.1) is 59.5 Å². The number of aryl methyl sites for hydroxylation is 1. The van der Waals surface area contributed by atoms with Crippen LogP contribution < -0.4 is 20.3 Å². The molecule has 0 radical (unpaired) electrons. The summed E-state index contributed by atoms with van der Waals surface area (Å²) in [7, 11) is 2.25. The summed E-state index contributed by atoms with van der Waals surface area (Å²) in [4.78, 5) is 33.2. The summed E-state index contributed by atoms with van der Waals surface area (Å²) in [6, 6.07) is 10.3. The van der Waals surface area contributed by atoms with Crippen LogP contribution in [0.15, 0.2) is 42.7 Å². The molecule has 1 spiro atoms. The molecule has 258 valence electrons. The predicted octanol–water partition coefficient (Wildman–Crippen LogP) is 5.99. The van der Waals surface area contributed by atoms with Crippen LogP contribution >= 0.6 is 0 Å². The third-order valence-corrected chi connectivity index (χ3v) is 11.2. The highest BCUT2D eigenvalue weighted by molar-refractivity contribution is 6.05. The summed E-state index contributed by atoms with van der Waals surface area (Å²) in [6.07, 6.45) is 10.4. The van der Waals surface area contributed by atoms with E-state index in [1.54, 1.807) is 12.4 Å². The van der Waals surface area contributed by atoms with Crippen LogP contribution in [0.3, 0.4) is 0 Å². The number of nitrogens with zero attached hydrogens (tertiary/aromatic N) is 6. The van der Waals surface area contributed by atoms with Crippen molar-refractivity contribution >= 4 is 34.3 Å². The molecule has 1 amide bonds. The molecule has 2 N–H and O–H groups in total. The maximum atomic E-state index is 14.0. The highest BCUT2D eigenvalue weighted by Gasteiger charge is 2.37. The lowest BCUT2D eigenvalue weighted by Gasteiger charge is -2.47. The number of benzene rings is 1. The molecule has 3 fully saturated rings. The smallest absolute Gasteiger partial charge is 0.258 e. The van der Waals surface area contributed by atoms with Gasteiger partial charge in [-0.25, -0.2) is 4.98 Å². The van der Waals surface area contributed by atoms with Gasteiger partial charge in [0.25, 0.3) is 5.91 Å². The Bertz CT molecular complexity index is 1830. The van der Waals surface area contributed by atoms with Crippen molar-refractivity contribution < 1.29 is 14.3 Å². The van der Waals surface area contributed by atoms with E-state index in [1.165, 1.54) is 44.5 Å². The average Bonchev–Trinajstić information content (AvgIpc) is 3.40. The van der Waals surface area contributed by atoms with E-state index < -0.39 is 0 Å². The van der Waals surface area contributed by atoms with Crippen molar-refractivity contribution in [1.82, 2.24) is 24.4 Å². The molecule has 49 heavy (non-hydrogen) atoms. The first-order valence-corrected chi connectivity index (χ1v) is 18.0. The summed E-state index contributed by atoms with van der Waals surface area (Å²) in [5.74, 6) is 1.40. The van der Waals surface area contributed by atoms with Crippen LogP contribution in [0.25, 0.3) is 22.3 Å². The molecule has 4 aliphatic heterocycles. The van der Waals surface area contributed by atoms with Gasteiger partial charge in [-0.1, -0.05) is 6.92 Å². The first-order chi connectivity index (χ1) is 23.8. The molecule has 8 rings (SSSR count). The molecular weight excluding hydrogens is 616 g/mol. The van der Waals surface area contributed by atoms with E-state index in [2.05, 4.69) is 56.1 Å². The van der Waals surface area contributed by atoms with Crippen LogP contribution in [0, 0.1) is 18.3 Å². The number of piperidine rings is 2. The van der Waals surface area contributed by atoms with Gasteiger partial charge in [-0.15, -0.1) is 0 Å². The number of hydrogen-bond acceptors (Lipinski definition) is 9. The van der Waals surface area contributed by atoms with E-state index in [9.17, 15) is 4.79 Å². The minimum Gasteiger partial charge on any atom is -0.493 e. The summed E-state index contributed by atoms with van der Waals surface area (Å²) in [5.41, 5.74) is 7.38. The second kappa shape index (κ2) is 13.2. The number of fused-ring (bicyclic) bond motifs is 7. The number of amides is 1. The maximum absolute atomic E-state index is 14.0. The van der Waals surface area contributed by atoms with E-state index in [4.69, 9.17) is 19.4 Å². The molecule has 2 bridgehead atoms. The Morgan fingerprint density at radius 2 is 1.82 bits per heavy atom. The molecule has 1 aromatic carbocycles. The fourth-order valence-electron chi connectivity index (χ4n) is 8.00. The number of imidazole rings is 1. The first-order valence-electron chi connectivity index (χ1n) is 18.0. The zero-order valence-electron chi connectivity index (χ0n) is 29.0. The number of carbonyl (C=O) groups excluding carboxylic acids is 1. The number of rotatable bonds is 3. The second-order valence-corrected chi connectivity index (χ2v) is 14.9. The van der Waals surface area contributed by atoms with E-state index in [1.807, 2.05) is 25.1 Å². The van der Waals surface area contributed by atoms with Crippen LogP contribution in [0.5, 0.6) is 5.75 Å². The Kier molecular flexibility index (Phi) is 8.65. The number of carbonyl (C=O) groups is 1. The molecule has 4 aromatic rings. The van der Waals surface area contributed by atoms with Crippen LogP contribution in [-0.4, -0.2) is 89.4 Å². The molecule has 7 heterocycles. The van der Waals surface area contributed by atoms with Gasteiger partial charge in [0.2, 0.25) is 5.95 Å². The van der Waals surface area contributed by atoms with Crippen molar-refractivity contribution in [3.63, 3.8) is 0 Å². The molecule has 11 heteroatoms. The maximum Gasteiger partial charge on any atom is 0.258 e. The highest BCUT2D eigenvalue weighted by Crippen LogP contribution is 2.44. The Morgan fingerprint density at radius 1 is 1.02 bits per heavy atom. The Labute approximate surface area is 288 Å². The topological polar surface area (TPSA) is 110 Å². The van der Waals surface area contributed by atoms with Gasteiger partial charge < -0.3 is 29.2 Å². The number of pyridine rings is 2. The van der Waals surface area contributed by atoms with Gasteiger partial charge in [0.15, 0.2) is 0 Å². The highest BCUT2D eigenvalue weighted by atomic mass is 16.5. The van der Waals surface area contributed by atoms with Crippen molar-refractivity contribution in [3.05, 3.63) is 54.0 Å². The molecule has 11 nitrogen and oxygen atoms in total. The normalized spacial score (nSPS) is 21.9. The minimum atomic E-state index is -0.221. The number of nitrogens with one attached hydrogen (secondary N) is 2. The van der Waals surface area contributed by atoms with Crippen molar-refractivity contribution in [2.24, 2.45) is 11.3 Å². The third kappa shape index (κ3) is 6.58. The molecule has 0 saturated carbocycles. The SMILES string of the molecule is Cc1cc2cc(n1)-c1cnccc1OCCC[C@@H](C)Cn1c(nc3cc(NC4COC4)c(N4CCC5(CCN(C)CC5)CC4)cc31)NC2=O. The zero-order valence-corrected chi connectivity index (χ0v) is 29.0. The summed E-state index contributed by atoms with van der Waals surface area (Å²) in [5, 5.41) is 6.98. The first kappa shape index (κ1) is 32.0. The Hall–Kier alpha value is -4.22. The summed E-state index contributed by atoms with van der Waals surface area (Å²) in [6.45, 7) is 11.4. The van der Waals surface area contributed by atoms with E-state index in [0.717, 1.165) is 66.2 Å². The van der Waals surface area contributed by atoms with Gasteiger partial charge in [-0.05, 0) is 107 Å². The standard InChI is InChI=1S/C38H48N8O3/c1-25-5-4-16-49-35-6-11-39-21-29(35)30-18-27(17-26(2)40-30)36(47)43-37-42-32-19-31(41-28-23-48-24-28)33(20-34(32)46(37)22-25)45-14-9-38(10-15-45)7-12-44(3)13-8-38/h6,11,17-21,25,28,41H,4-5,7-10,12-16,22-24H2,1-3H3,(H,42,43,47)/t25-/m1/s1. The minimum absolute atomic E-state index is 0.221. The van der Waals surface area contributed by atoms with Crippen molar-refractivity contribution in [1.29, 1.82) is 0 Å². The lowest BCUT2D eigenvalue weighted by atomic mass is 9.71. The zero-order chi connectivity index (χ0) is 33.5. The van der Waals surface area contributed by atoms with E-state index >= 15 is 0 Å². The lowest BCUT2D eigenvalue weighted by Crippen LogP contribution is -2.46. The number of ether oxygens (including phenoxy) is 2. The third-order valence-electron chi connectivity index (χ3n) is 11.2. The van der Waals surface area contributed by atoms with E-state index in [0.29, 0.717) is 48.4 Å². The quantitative estimate of drug-likeness (QED) is 0.273. The van der Waals surface area contributed by atoms with Gasteiger partial charge in [-0.3, -0.25) is 20.1 Å². The van der Waals surface area contributed by atoms with Gasteiger partial charge in [-0.2, -0.15) is 0 Å². The van der Waals surface area contributed by atoms with Crippen LogP contribution in [0.2, 0.25) is 0 Å². The van der Waals surface area contributed by atoms with Crippen molar-refractivity contribution in [3.8, 4) is 17.0 Å². The Morgan fingerprint density at radius 3 is 2.59 bits per heavy atom. The molecular formula is C38H48N8O3. The largest absolute Gasteiger partial charge is 0.493 e. The summed E-state index contributed by atoms with van der Waals surface area (Å²) < 4.78 is 14.0. The summed E-state index contributed by atoms with van der Waals surface area (Å²) >= 11 is 0. The van der Waals surface area contributed by atoms with Crippen molar-refractivity contribution in [2.75, 3.05) is 68.6 Å². The van der Waals surface area contributed by atoms with Crippen molar-refractivity contribution in [2.45, 2.75) is 65.0 Å². The molecule has 3 saturated heterocycles. The fraction of sp³-hybridized carbons (Fsp3) is 0.526. The van der Waals surface area contributed by atoms with Crippen LogP contribution in [-0.2, 0) is 11.3 Å². The average molecular weight is 665 g/mol. The second-order valence-electron chi connectivity index (χ2n) is 14.9. The monoisotopic (exact) mass is 664 g/mol. The van der Waals surface area contributed by atoms with Gasteiger partial charge >= 0.3 is 0 Å². The number of likely N-dealkylation sites (tertiary alicyclic amines) is 1. The molecule has 0 aliphatic carbocycles. The molecule has 0 unspecified atom stereocenters. The molecule has 1 atom stereocenters. The molecule has 4 aliphatic rings. The fourth-order valence-corrected chi connectivity index (χ4v) is 8.00. The van der Waals surface area contributed by atoms with Gasteiger partial charge in [0.1, 0.15) is 5.75 Å². The lowest BCUT2D eigenvalue weighted by molar-refractivity contribution is 0.0211. The predicted molar refractivity (Wildman–Crippen MR) is 193 cm³/mol. The molecule has 3 aromatic heterocycles.